The first kappa shape index (κ1) is 19.8. The number of aromatic nitrogens is 5. The summed E-state index contributed by atoms with van der Waals surface area (Å²) in [6.45, 7) is 0.820. The molecule has 0 spiro atoms. The highest BCUT2D eigenvalue weighted by atomic mass is 79.9. The predicted molar refractivity (Wildman–Crippen MR) is 100 cm³/mol. The molecule has 138 valence electrons. The summed E-state index contributed by atoms with van der Waals surface area (Å²) in [5, 5.41) is 8.04. The van der Waals surface area contributed by atoms with E-state index in [9.17, 15) is 9.59 Å². The number of Topliss-reactive ketones (excluding diaryl/α,β-unsaturated/α-hetero) is 2. The van der Waals surface area contributed by atoms with E-state index < -0.39 is 15.8 Å². The van der Waals surface area contributed by atoms with Crippen LogP contribution in [0.4, 0.5) is 0 Å². The van der Waals surface area contributed by atoms with Gasteiger partial charge in [0.05, 0.1) is 24.8 Å². The van der Waals surface area contributed by atoms with Gasteiger partial charge in [-0.25, -0.2) is 14.7 Å². The lowest BCUT2D eigenvalue weighted by atomic mass is 10.1. The molecule has 0 saturated carbocycles. The molecule has 2 heterocycles. The Labute approximate surface area is 156 Å². The van der Waals surface area contributed by atoms with E-state index in [4.69, 9.17) is 4.74 Å². The highest BCUT2D eigenvalue weighted by Gasteiger charge is 2.20. The van der Waals surface area contributed by atoms with Gasteiger partial charge in [0, 0.05) is 19.0 Å². The molecule has 0 N–H and O–H groups in total. The molecule has 8 nitrogen and oxygen atoms in total. The highest BCUT2D eigenvalue weighted by Crippen LogP contribution is 2.33. The Balaban J connectivity index is 1.92. The maximum atomic E-state index is 12.2. The van der Waals surface area contributed by atoms with E-state index in [0.717, 1.165) is 5.75 Å². The van der Waals surface area contributed by atoms with Crippen molar-refractivity contribution in [2.75, 3.05) is 31.1 Å². The van der Waals surface area contributed by atoms with Crippen molar-refractivity contribution in [3.8, 4) is 0 Å². The Morgan fingerprint density at radius 1 is 1.28 bits per heavy atom. The molecule has 0 fully saturated rings. The van der Waals surface area contributed by atoms with Crippen molar-refractivity contribution in [1.29, 1.82) is 0 Å². The smallest absolute Gasteiger partial charge is 0.218 e. The second-order valence-electron chi connectivity index (χ2n) is 6.46. The van der Waals surface area contributed by atoms with Gasteiger partial charge in [-0.05, 0) is 34.7 Å². The van der Waals surface area contributed by atoms with Crippen LogP contribution >= 0.6 is 26.0 Å². The first-order valence-corrected chi connectivity index (χ1v) is 11.4. The highest BCUT2D eigenvalue weighted by molar-refractivity contribution is 9.10. The van der Waals surface area contributed by atoms with Crippen molar-refractivity contribution in [3.63, 3.8) is 0 Å². The third-order valence-electron chi connectivity index (χ3n) is 3.28. The van der Waals surface area contributed by atoms with Crippen molar-refractivity contribution in [1.82, 2.24) is 24.5 Å². The lowest BCUT2D eigenvalue weighted by molar-refractivity contribution is 0.0781. The molecule has 2 rings (SSSR count). The average molecular weight is 432 g/mol. The lowest BCUT2D eigenvalue weighted by Crippen LogP contribution is -2.12. The minimum atomic E-state index is -0.615. The van der Waals surface area contributed by atoms with Crippen molar-refractivity contribution in [2.24, 2.45) is 7.05 Å². The van der Waals surface area contributed by atoms with Crippen LogP contribution in [0.3, 0.4) is 0 Å². The summed E-state index contributed by atoms with van der Waals surface area (Å²) in [6, 6.07) is 0. The number of carbonyl (C=O) groups excluding carboxylic acids is 2. The molecule has 25 heavy (non-hydrogen) atoms. The molecule has 0 radical (unpaired) electrons. The minimum absolute atomic E-state index is 0.00541. The largest absolute Gasteiger partial charge is 0.358 e. The molecule has 0 amide bonds. The molecule has 10 heteroatoms. The van der Waals surface area contributed by atoms with E-state index >= 15 is 0 Å². The number of aryl methyl sites for hydroxylation is 1. The number of ether oxygens (including phenoxy) is 1. The summed E-state index contributed by atoms with van der Waals surface area (Å²) in [7, 11) is 1.09. The molecular formula is C15H22BrN5O3S. The van der Waals surface area contributed by atoms with Crippen LogP contribution < -0.4 is 0 Å². The van der Waals surface area contributed by atoms with Gasteiger partial charge in [0.2, 0.25) is 11.6 Å². The zero-order chi connectivity index (χ0) is 18.6. The van der Waals surface area contributed by atoms with E-state index in [-0.39, 0.29) is 24.8 Å². The van der Waals surface area contributed by atoms with E-state index in [2.05, 4.69) is 49.9 Å². The summed E-state index contributed by atoms with van der Waals surface area (Å²) in [5.74, 6) is 0.238. The van der Waals surface area contributed by atoms with Crippen LogP contribution in [-0.4, -0.2) is 67.2 Å². The number of ketones is 2. The predicted octanol–water partition coefficient (Wildman–Crippen LogP) is 1.90. The lowest BCUT2D eigenvalue weighted by Gasteiger charge is -2.24. The van der Waals surface area contributed by atoms with Crippen molar-refractivity contribution in [2.45, 2.75) is 13.2 Å². The van der Waals surface area contributed by atoms with Crippen LogP contribution in [0.5, 0.6) is 0 Å². The average Bonchev–Trinajstić information content (AvgIpc) is 3.09. The second kappa shape index (κ2) is 8.24. The van der Waals surface area contributed by atoms with E-state index in [0.29, 0.717) is 16.9 Å². The van der Waals surface area contributed by atoms with Gasteiger partial charge in [0.15, 0.2) is 10.5 Å². The summed E-state index contributed by atoms with van der Waals surface area (Å²) in [4.78, 5) is 28.3. The van der Waals surface area contributed by atoms with E-state index in [1.54, 1.807) is 13.2 Å². The molecule has 0 aliphatic heterocycles. The van der Waals surface area contributed by atoms with Gasteiger partial charge in [-0.3, -0.25) is 14.3 Å². The Morgan fingerprint density at radius 2 is 2.00 bits per heavy atom. The van der Waals surface area contributed by atoms with Gasteiger partial charge in [-0.15, -0.1) is 5.10 Å². The SMILES string of the molecule is Cn1cc(C(=O)CC(=O)c2nc(Br)n(COCCS(C)(C)C)n2)cn1. The fourth-order valence-electron chi connectivity index (χ4n) is 1.88. The first-order chi connectivity index (χ1) is 11.7. The van der Waals surface area contributed by atoms with Crippen LogP contribution in [0.1, 0.15) is 27.4 Å². The summed E-state index contributed by atoms with van der Waals surface area (Å²) < 4.78 is 8.95. The number of rotatable bonds is 9. The third kappa shape index (κ3) is 6.05. The van der Waals surface area contributed by atoms with Gasteiger partial charge >= 0.3 is 0 Å². The van der Waals surface area contributed by atoms with Gasteiger partial charge in [0.1, 0.15) is 6.73 Å². The van der Waals surface area contributed by atoms with Crippen molar-refractivity contribution < 1.29 is 14.3 Å². The van der Waals surface area contributed by atoms with Crippen LogP contribution in [0.15, 0.2) is 17.1 Å². The maximum Gasteiger partial charge on any atom is 0.218 e. The summed E-state index contributed by atoms with van der Waals surface area (Å²) in [5.41, 5.74) is 0.391. The standard InChI is InChI=1S/C15H22BrN5O3S/c1-20-9-11(8-17-20)12(22)7-13(23)14-18-15(16)21(19-14)10-24-5-6-25(2,3)4/h8-9H,5-7,10H2,1-4H3. The Bertz CT molecular complexity index is 766. The van der Waals surface area contributed by atoms with Crippen LogP contribution in [0.25, 0.3) is 0 Å². The van der Waals surface area contributed by atoms with Gasteiger partial charge in [-0.2, -0.15) is 10.1 Å². The third-order valence-corrected chi connectivity index (χ3v) is 5.26. The molecular weight excluding hydrogens is 410 g/mol. The monoisotopic (exact) mass is 431 g/mol. The minimum Gasteiger partial charge on any atom is -0.358 e. The fourth-order valence-corrected chi connectivity index (χ4v) is 2.84. The Hall–Kier alpha value is -1.52. The number of carbonyl (C=O) groups is 2. The van der Waals surface area contributed by atoms with Crippen molar-refractivity contribution >= 4 is 37.5 Å². The first-order valence-electron chi connectivity index (χ1n) is 7.55. The molecule has 0 aliphatic carbocycles. The zero-order valence-electron chi connectivity index (χ0n) is 14.7. The number of nitrogens with zero attached hydrogens (tertiary/aromatic N) is 5. The fraction of sp³-hybridized carbons (Fsp3) is 0.533. The topological polar surface area (TPSA) is 91.9 Å². The molecule has 0 bridgehead atoms. The molecule has 0 saturated heterocycles. The zero-order valence-corrected chi connectivity index (χ0v) is 17.1. The molecule has 0 atom stereocenters. The van der Waals surface area contributed by atoms with Crippen LogP contribution in [-0.2, 0) is 18.5 Å². The normalized spacial score (nSPS) is 12.4. The number of halogens is 1. The molecule has 0 aromatic carbocycles. The summed E-state index contributed by atoms with van der Waals surface area (Å²) in [6.07, 6.45) is 9.37. The molecule has 2 aromatic heterocycles. The second-order valence-corrected chi connectivity index (χ2v) is 11.8. The Morgan fingerprint density at radius 3 is 2.60 bits per heavy atom. The van der Waals surface area contributed by atoms with E-state index in [1.807, 2.05) is 0 Å². The van der Waals surface area contributed by atoms with Crippen LogP contribution in [0.2, 0.25) is 0 Å². The van der Waals surface area contributed by atoms with Crippen LogP contribution in [0, 0.1) is 0 Å². The summed E-state index contributed by atoms with van der Waals surface area (Å²) >= 11 is 3.26. The van der Waals surface area contributed by atoms with Gasteiger partial charge in [-0.1, -0.05) is 0 Å². The molecule has 0 unspecified atom stereocenters. The maximum absolute atomic E-state index is 12.2. The Kier molecular flexibility index (Phi) is 6.53. The number of hydrogen-bond donors (Lipinski definition) is 0. The van der Waals surface area contributed by atoms with E-state index in [1.165, 1.54) is 15.6 Å². The van der Waals surface area contributed by atoms with Gasteiger partial charge < -0.3 is 4.74 Å². The molecule has 0 aliphatic rings. The van der Waals surface area contributed by atoms with Gasteiger partial charge in [0.25, 0.3) is 0 Å². The number of hydrogen-bond acceptors (Lipinski definition) is 6. The van der Waals surface area contributed by atoms with Crippen molar-refractivity contribution in [3.05, 3.63) is 28.5 Å². The quantitative estimate of drug-likeness (QED) is 0.342. The molecule has 2 aromatic rings.